The van der Waals surface area contributed by atoms with Crippen molar-refractivity contribution in [1.82, 2.24) is 0 Å². The molecule has 1 atom stereocenters. The van der Waals surface area contributed by atoms with Crippen LogP contribution < -0.4 is 4.74 Å². The standard InChI is InChI=1S/C17H20O2/c1-3-12-9-17(19-11-13-10-18-13)16-8-6-5-7-15(16)14(12)4-2/h5-9,13H,3-4,10-11H2,1-2H3. The first-order chi connectivity index (χ1) is 9.33. The number of fused-ring (bicyclic) bond motifs is 1. The van der Waals surface area contributed by atoms with Crippen LogP contribution in [0.4, 0.5) is 0 Å². The van der Waals surface area contributed by atoms with Crippen LogP contribution in [0.25, 0.3) is 10.8 Å². The summed E-state index contributed by atoms with van der Waals surface area (Å²) in [6, 6.07) is 10.7. The van der Waals surface area contributed by atoms with E-state index in [4.69, 9.17) is 9.47 Å². The van der Waals surface area contributed by atoms with Gasteiger partial charge in [0, 0.05) is 5.39 Å². The molecule has 0 bridgehead atoms. The molecule has 1 fully saturated rings. The molecule has 2 aromatic carbocycles. The molecule has 0 aliphatic carbocycles. The maximum atomic E-state index is 5.96. The van der Waals surface area contributed by atoms with Gasteiger partial charge in [-0.1, -0.05) is 38.1 Å². The van der Waals surface area contributed by atoms with E-state index in [0.29, 0.717) is 12.7 Å². The molecule has 0 radical (unpaired) electrons. The molecule has 2 nitrogen and oxygen atoms in total. The molecule has 0 aromatic heterocycles. The van der Waals surface area contributed by atoms with Crippen molar-refractivity contribution in [3.8, 4) is 5.75 Å². The van der Waals surface area contributed by atoms with Gasteiger partial charge in [-0.2, -0.15) is 0 Å². The Morgan fingerprint density at radius 3 is 2.53 bits per heavy atom. The number of rotatable bonds is 5. The van der Waals surface area contributed by atoms with Crippen LogP contribution in [0.3, 0.4) is 0 Å². The summed E-state index contributed by atoms with van der Waals surface area (Å²) in [5.74, 6) is 1.00. The third kappa shape index (κ3) is 2.45. The maximum absolute atomic E-state index is 5.96. The van der Waals surface area contributed by atoms with Crippen molar-refractivity contribution in [2.75, 3.05) is 13.2 Å². The molecule has 1 aliphatic rings. The van der Waals surface area contributed by atoms with Crippen molar-refractivity contribution >= 4 is 10.8 Å². The molecular formula is C17H20O2. The zero-order valence-corrected chi connectivity index (χ0v) is 11.6. The minimum absolute atomic E-state index is 0.301. The van der Waals surface area contributed by atoms with Gasteiger partial charge < -0.3 is 9.47 Å². The van der Waals surface area contributed by atoms with Crippen LogP contribution in [0.1, 0.15) is 25.0 Å². The highest BCUT2D eigenvalue weighted by atomic mass is 16.6. The fourth-order valence-electron chi connectivity index (χ4n) is 2.66. The number of hydrogen-bond donors (Lipinski definition) is 0. The molecule has 19 heavy (non-hydrogen) atoms. The molecule has 0 saturated carbocycles. The minimum Gasteiger partial charge on any atom is -0.490 e. The molecule has 1 aliphatic heterocycles. The zero-order chi connectivity index (χ0) is 13.2. The topological polar surface area (TPSA) is 21.8 Å². The van der Waals surface area contributed by atoms with Crippen LogP contribution in [-0.4, -0.2) is 19.3 Å². The van der Waals surface area contributed by atoms with Gasteiger partial charge in [-0.25, -0.2) is 0 Å². The van der Waals surface area contributed by atoms with Gasteiger partial charge in [-0.3, -0.25) is 0 Å². The van der Waals surface area contributed by atoms with E-state index in [1.807, 2.05) is 0 Å². The second-order valence-corrected chi connectivity index (χ2v) is 5.03. The quantitative estimate of drug-likeness (QED) is 0.760. The Morgan fingerprint density at radius 2 is 1.89 bits per heavy atom. The molecule has 0 N–H and O–H groups in total. The van der Waals surface area contributed by atoms with Crippen molar-refractivity contribution in [1.29, 1.82) is 0 Å². The molecule has 100 valence electrons. The largest absolute Gasteiger partial charge is 0.490 e. The van der Waals surface area contributed by atoms with Crippen LogP contribution in [-0.2, 0) is 17.6 Å². The summed E-state index contributed by atoms with van der Waals surface area (Å²) in [5, 5.41) is 2.55. The highest BCUT2D eigenvalue weighted by molar-refractivity contribution is 5.92. The Labute approximate surface area is 114 Å². The molecular weight excluding hydrogens is 236 g/mol. The third-order valence-corrected chi connectivity index (χ3v) is 3.77. The number of ether oxygens (including phenoxy) is 2. The second kappa shape index (κ2) is 5.22. The predicted molar refractivity (Wildman–Crippen MR) is 77.9 cm³/mol. The van der Waals surface area contributed by atoms with Crippen molar-refractivity contribution in [3.05, 3.63) is 41.5 Å². The maximum Gasteiger partial charge on any atom is 0.127 e. The van der Waals surface area contributed by atoms with Crippen LogP contribution in [0.2, 0.25) is 0 Å². The number of aryl methyl sites for hydroxylation is 2. The zero-order valence-electron chi connectivity index (χ0n) is 11.6. The summed E-state index contributed by atoms with van der Waals surface area (Å²) in [4.78, 5) is 0. The molecule has 3 rings (SSSR count). The van der Waals surface area contributed by atoms with E-state index in [1.165, 1.54) is 21.9 Å². The molecule has 2 heteroatoms. The van der Waals surface area contributed by atoms with Gasteiger partial charge >= 0.3 is 0 Å². The van der Waals surface area contributed by atoms with Crippen molar-refractivity contribution in [2.24, 2.45) is 0 Å². The summed E-state index contributed by atoms with van der Waals surface area (Å²) < 4.78 is 11.2. The van der Waals surface area contributed by atoms with Gasteiger partial charge in [0.2, 0.25) is 0 Å². The van der Waals surface area contributed by atoms with Crippen molar-refractivity contribution < 1.29 is 9.47 Å². The van der Waals surface area contributed by atoms with E-state index >= 15 is 0 Å². The van der Waals surface area contributed by atoms with Gasteiger partial charge in [-0.05, 0) is 35.4 Å². The lowest BCUT2D eigenvalue weighted by molar-refractivity contribution is 0.265. The molecule has 1 heterocycles. The summed E-state index contributed by atoms with van der Waals surface area (Å²) in [6.45, 7) is 5.93. The lowest BCUT2D eigenvalue weighted by Gasteiger charge is -2.15. The van der Waals surface area contributed by atoms with Crippen LogP contribution in [0.15, 0.2) is 30.3 Å². The van der Waals surface area contributed by atoms with Crippen LogP contribution in [0.5, 0.6) is 5.75 Å². The average molecular weight is 256 g/mol. The predicted octanol–water partition coefficient (Wildman–Crippen LogP) is 3.74. The second-order valence-electron chi connectivity index (χ2n) is 5.03. The lowest BCUT2D eigenvalue weighted by Crippen LogP contribution is -2.05. The van der Waals surface area contributed by atoms with E-state index in [-0.39, 0.29) is 0 Å². The van der Waals surface area contributed by atoms with Gasteiger partial charge in [-0.15, -0.1) is 0 Å². The fraction of sp³-hybridized carbons (Fsp3) is 0.412. The van der Waals surface area contributed by atoms with E-state index in [0.717, 1.165) is 25.2 Å². The summed E-state index contributed by atoms with van der Waals surface area (Å²) in [6.07, 6.45) is 2.41. The highest BCUT2D eigenvalue weighted by Gasteiger charge is 2.23. The Bertz CT molecular complexity index is 585. The van der Waals surface area contributed by atoms with Gasteiger partial charge in [0.1, 0.15) is 18.5 Å². The normalized spacial score (nSPS) is 17.7. The first-order valence-corrected chi connectivity index (χ1v) is 7.11. The number of epoxide rings is 1. The van der Waals surface area contributed by atoms with Gasteiger partial charge in [0.25, 0.3) is 0 Å². The van der Waals surface area contributed by atoms with E-state index in [9.17, 15) is 0 Å². The SMILES string of the molecule is CCc1cc(OCC2CO2)c2ccccc2c1CC. The van der Waals surface area contributed by atoms with E-state index in [2.05, 4.69) is 44.2 Å². The minimum atomic E-state index is 0.301. The van der Waals surface area contributed by atoms with Crippen LogP contribution in [0, 0.1) is 0 Å². The van der Waals surface area contributed by atoms with E-state index in [1.54, 1.807) is 0 Å². The molecule has 0 amide bonds. The Kier molecular flexibility index (Phi) is 3.43. The first kappa shape index (κ1) is 12.5. The summed E-state index contributed by atoms with van der Waals surface area (Å²) in [7, 11) is 0. The van der Waals surface area contributed by atoms with Crippen molar-refractivity contribution in [3.63, 3.8) is 0 Å². The smallest absolute Gasteiger partial charge is 0.127 e. The summed E-state index contributed by atoms with van der Waals surface area (Å²) >= 11 is 0. The van der Waals surface area contributed by atoms with Gasteiger partial charge in [0.05, 0.1) is 6.61 Å². The first-order valence-electron chi connectivity index (χ1n) is 7.11. The van der Waals surface area contributed by atoms with Gasteiger partial charge in [0.15, 0.2) is 0 Å². The summed E-state index contributed by atoms with van der Waals surface area (Å²) in [5.41, 5.74) is 2.85. The average Bonchev–Trinajstić information content (AvgIpc) is 3.28. The Hall–Kier alpha value is -1.54. The van der Waals surface area contributed by atoms with E-state index < -0.39 is 0 Å². The third-order valence-electron chi connectivity index (χ3n) is 3.77. The van der Waals surface area contributed by atoms with Crippen molar-refractivity contribution in [2.45, 2.75) is 32.8 Å². The fourth-order valence-corrected chi connectivity index (χ4v) is 2.66. The monoisotopic (exact) mass is 256 g/mol. The number of hydrogen-bond acceptors (Lipinski definition) is 2. The van der Waals surface area contributed by atoms with Crippen LogP contribution >= 0.6 is 0 Å². The Morgan fingerprint density at radius 1 is 1.16 bits per heavy atom. The number of benzene rings is 2. The Balaban J connectivity index is 2.08. The highest BCUT2D eigenvalue weighted by Crippen LogP contribution is 2.32. The molecule has 1 unspecified atom stereocenters. The lowest BCUT2D eigenvalue weighted by atomic mass is 9.95. The molecule has 0 spiro atoms. The molecule has 1 saturated heterocycles. The molecule has 2 aromatic rings.